The molecule has 39 heavy (non-hydrogen) atoms. The Hall–Kier alpha value is -4.33. The number of thiocarbonyl (C=S) groups is 1. The molecule has 2 atom stereocenters. The number of nitrogens with zero attached hydrogens (tertiary/aromatic N) is 3. The van der Waals surface area contributed by atoms with Crippen LogP contribution in [0, 0.1) is 0 Å². The lowest BCUT2D eigenvalue weighted by Crippen LogP contribution is -2.30. The van der Waals surface area contributed by atoms with Gasteiger partial charge in [-0.05, 0) is 103 Å². The van der Waals surface area contributed by atoms with E-state index in [4.69, 9.17) is 33.3 Å². The van der Waals surface area contributed by atoms with Gasteiger partial charge in [0.2, 0.25) is 0 Å². The number of hydrogen-bond donors (Lipinski definition) is 1. The van der Waals surface area contributed by atoms with Crippen molar-refractivity contribution in [2.75, 3.05) is 12.0 Å². The van der Waals surface area contributed by atoms with E-state index >= 15 is 0 Å². The average molecular weight is 553 g/mol. The highest BCUT2D eigenvalue weighted by Crippen LogP contribution is 2.42. The number of anilines is 1. The molecule has 1 fully saturated rings. The molecule has 0 unspecified atom stereocenters. The molecule has 5 aromatic rings. The predicted molar refractivity (Wildman–Crippen MR) is 158 cm³/mol. The Balaban J connectivity index is 1.37. The number of pyridine rings is 1. The van der Waals surface area contributed by atoms with Crippen molar-refractivity contribution in [2.45, 2.75) is 12.1 Å². The second-order valence-electron chi connectivity index (χ2n) is 9.05. The number of halogens is 1. The van der Waals surface area contributed by atoms with Crippen molar-refractivity contribution in [3.05, 3.63) is 132 Å². The summed E-state index contributed by atoms with van der Waals surface area (Å²) in [6.45, 7) is 0. The maximum absolute atomic E-state index is 6.35. The molecule has 3 heterocycles. The number of benzene rings is 3. The molecule has 6 nitrogen and oxygen atoms in total. The minimum absolute atomic E-state index is 0.165. The van der Waals surface area contributed by atoms with E-state index in [1.165, 1.54) is 0 Å². The van der Waals surface area contributed by atoms with Gasteiger partial charge in [-0.2, -0.15) is 0 Å². The largest absolute Gasteiger partial charge is 0.497 e. The number of methoxy groups -OCH3 is 1. The summed E-state index contributed by atoms with van der Waals surface area (Å²) in [6, 6.07) is 33.0. The fourth-order valence-corrected chi connectivity index (χ4v) is 5.41. The van der Waals surface area contributed by atoms with Crippen LogP contribution in [0.25, 0.3) is 5.69 Å². The first-order chi connectivity index (χ1) is 19.1. The first kappa shape index (κ1) is 25.0. The maximum Gasteiger partial charge on any atom is 0.174 e. The number of ether oxygens (including phenoxy) is 2. The van der Waals surface area contributed by atoms with Crippen molar-refractivity contribution < 1.29 is 9.47 Å². The van der Waals surface area contributed by atoms with Gasteiger partial charge < -0.3 is 24.3 Å². The Labute approximate surface area is 237 Å². The van der Waals surface area contributed by atoms with E-state index in [2.05, 4.69) is 25.8 Å². The third kappa shape index (κ3) is 5.06. The highest BCUT2D eigenvalue weighted by molar-refractivity contribution is 7.80. The van der Waals surface area contributed by atoms with Crippen LogP contribution >= 0.6 is 23.8 Å². The summed E-state index contributed by atoms with van der Waals surface area (Å²) in [7, 11) is 1.64. The van der Waals surface area contributed by atoms with E-state index in [9.17, 15) is 0 Å². The number of aromatic nitrogens is 2. The summed E-state index contributed by atoms with van der Waals surface area (Å²) < 4.78 is 13.4. The molecule has 0 amide bonds. The quantitative estimate of drug-likeness (QED) is 0.211. The van der Waals surface area contributed by atoms with E-state index in [1.807, 2.05) is 103 Å². The van der Waals surface area contributed by atoms with E-state index in [-0.39, 0.29) is 12.1 Å². The Morgan fingerprint density at radius 2 is 1.56 bits per heavy atom. The molecule has 194 valence electrons. The summed E-state index contributed by atoms with van der Waals surface area (Å²) in [5, 5.41) is 4.83. The molecule has 3 aromatic carbocycles. The van der Waals surface area contributed by atoms with Crippen molar-refractivity contribution in [3.8, 4) is 22.9 Å². The summed E-state index contributed by atoms with van der Waals surface area (Å²) in [5.74, 6) is 2.24. The minimum atomic E-state index is -0.172. The van der Waals surface area contributed by atoms with Crippen LogP contribution in [0.4, 0.5) is 5.69 Å². The van der Waals surface area contributed by atoms with Gasteiger partial charge in [0, 0.05) is 34.5 Å². The average Bonchev–Trinajstić information content (AvgIpc) is 3.59. The van der Waals surface area contributed by atoms with Crippen molar-refractivity contribution in [1.82, 2.24) is 14.9 Å². The molecule has 6 rings (SSSR count). The lowest BCUT2D eigenvalue weighted by Gasteiger charge is -2.29. The summed E-state index contributed by atoms with van der Waals surface area (Å²) in [4.78, 5) is 6.81. The van der Waals surface area contributed by atoms with Crippen LogP contribution in [0.15, 0.2) is 116 Å². The van der Waals surface area contributed by atoms with E-state index < -0.39 is 0 Å². The third-order valence-electron chi connectivity index (χ3n) is 6.68. The van der Waals surface area contributed by atoms with Gasteiger partial charge in [-0.3, -0.25) is 4.98 Å². The van der Waals surface area contributed by atoms with Gasteiger partial charge in [0.25, 0.3) is 0 Å². The Morgan fingerprint density at radius 1 is 0.821 bits per heavy atom. The van der Waals surface area contributed by atoms with Crippen LogP contribution in [0.2, 0.25) is 5.02 Å². The second-order valence-corrected chi connectivity index (χ2v) is 9.87. The Bertz CT molecular complexity index is 1590. The van der Waals surface area contributed by atoms with Crippen molar-refractivity contribution in [1.29, 1.82) is 0 Å². The molecule has 1 aliphatic heterocycles. The van der Waals surface area contributed by atoms with Crippen molar-refractivity contribution >= 4 is 34.6 Å². The summed E-state index contributed by atoms with van der Waals surface area (Å²) in [5.41, 5.74) is 3.88. The lowest BCUT2D eigenvalue weighted by molar-refractivity contribution is 0.413. The number of nitrogens with one attached hydrogen (secondary N) is 1. The minimum Gasteiger partial charge on any atom is -0.497 e. The van der Waals surface area contributed by atoms with Gasteiger partial charge in [0.15, 0.2) is 5.11 Å². The van der Waals surface area contributed by atoms with Gasteiger partial charge in [0.1, 0.15) is 23.3 Å². The van der Waals surface area contributed by atoms with Gasteiger partial charge >= 0.3 is 0 Å². The SMILES string of the molecule is COc1ccc(Oc2ccc(N3C(=S)N[C@H](c4ccccn4)[C@H]3c3cccn3-c3cccc(Cl)c3)cc2)cc1. The van der Waals surface area contributed by atoms with Gasteiger partial charge in [-0.15, -0.1) is 0 Å². The highest BCUT2D eigenvalue weighted by Gasteiger charge is 2.42. The highest BCUT2D eigenvalue weighted by atomic mass is 35.5. The standard InChI is InChI=1S/C31H25ClN4O2S/c1-37-24-14-16-26(17-15-24)38-25-12-10-22(11-13-25)36-30(29(34-31(36)39)27-8-2-3-18-33-27)28-9-5-19-35(28)23-7-4-6-21(32)20-23/h2-20,29-30H,1H3,(H,34,39)/t29-,30-/m1/s1. The topological polar surface area (TPSA) is 51.6 Å². The zero-order valence-corrected chi connectivity index (χ0v) is 22.6. The molecule has 0 bridgehead atoms. The molecule has 1 saturated heterocycles. The smallest absolute Gasteiger partial charge is 0.174 e. The fraction of sp³-hybridized carbons (Fsp3) is 0.0968. The molecule has 0 aliphatic carbocycles. The first-order valence-electron chi connectivity index (χ1n) is 12.5. The van der Waals surface area contributed by atoms with Gasteiger partial charge in [-0.1, -0.05) is 23.7 Å². The summed E-state index contributed by atoms with van der Waals surface area (Å²) >= 11 is 12.3. The molecule has 8 heteroatoms. The molecular weight excluding hydrogens is 528 g/mol. The van der Waals surface area contributed by atoms with E-state index in [0.717, 1.165) is 40.0 Å². The van der Waals surface area contributed by atoms with Gasteiger partial charge in [0.05, 0.1) is 18.8 Å². The van der Waals surface area contributed by atoms with Crippen LogP contribution < -0.4 is 19.7 Å². The molecule has 0 spiro atoms. The molecular formula is C31H25ClN4O2S. The zero-order valence-electron chi connectivity index (χ0n) is 21.1. The van der Waals surface area contributed by atoms with Crippen LogP contribution in [0.3, 0.4) is 0 Å². The number of hydrogen-bond acceptors (Lipinski definition) is 4. The first-order valence-corrected chi connectivity index (χ1v) is 13.3. The van der Waals surface area contributed by atoms with Crippen LogP contribution in [0.5, 0.6) is 17.2 Å². The molecule has 1 aliphatic rings. The van der Waals surface area contributed by atoms with Crippen LogP contribution in [0.1, 0.15) is 23.5 Å². The van der Waals surface area contributed by atoms with Gasteiger partial charge in [-0.25, -0.2) is 0 Å². The summed E-state index contributed by atoms with van der Waals surface area (Å²) in [6.07, 6.45) is 3.85. The second kappa shape index (κ2) is 10.8. The monoisotopic (exact) mass is 552 g/mol. The molecule has 1 N–H and O–H groups in total. The molecule has 2 aromatic heterocycles. The predicted octanol–water partition coefficient (Wildman–Crippen LogP) is 7.50. The van der Waals surface area contributed by atoms with E-state index in [1.54, 1.807) is 13.3 Å². The Morgan fingerprint density at radius 3 is 2.26 bits per heavy atom. The maximum atomic E-state index is 6.35. The van der Waals surface area contributed by atoms with Crippen LogP contribution in [-0.2, 0) is 0 Å². The lowest BCUT2D eigenvalue weighted by atomic mass is 10.0. The third-order valence-corrected chi connectivity index (χ3v) is 7.23. The Kier molecular flexibility index (Phi) is 6.92. The van der Waals surface area contributed by atoms with E-state index in [0.29, 0.717) is 10.1 Å². The van der Waals surface area contributed by atoms with Crippen molar-refractivity contribution in [3.63, 3.8) is 0 Å². The fourth-order valence-electron chi connectivity index (χ4n) is 4.88. The normalized spacial score (nSPS) is 16.7. The molecule has 0 saturated carbocycles. The molecule has 0 radical (unpaired) electrons. The zero-order chi connectivity index (χ0) is 26.8. The van der Waals surface area contributed by atoms with Crippen molar-refractivity contribution in [2.24, 2.45) is 0 Å². The van der Waals surface area contributed by atoms with Crippen LogP contribution in [-0.4, -0.2) is 21.8 Å². The number of rotatable bonds is 7.